The lowest BCUT2D eigenvalue weighted by Gasteiger charge is -2.09. The Labute approximate surface area is 122 Å². The SMILES string of the molecule is O=C(Nc1cccc(C(=O)O)c1)Nc1ccc(F)c(F)c1F. The summed E-state index contributed by atoms with van der Waals surface area (Å²) in [5.41, 5.74) is -0.469. The van der Waals surface area contributed by atoms with E-state index in [4.69, 9.17) is 5.11 Å². The van der Waals surface area contributed by atoms with Crippen LogP contribution in [0.4, 0.5) is 29.3 Å². The van der Waals surface area contributed by atoms with Crippen molar-refractivity contribution in [3.63, 3.8) is 0 Å². The van der Waals surface area contributed by atoms with Crippen LogP contribution in [0.1, 0.15) is 10.4 Å². The third kappa shape index (κ3) is 3.35. The number of urea groups is 1. The number of nitrogens with one attached hydrogen (secondary N) is 2. The summed E-state index contributed by atoms with van der Waals surface area (Å²) in [6, 6.07) is 5.90. The topological polar surface area (TPSA) is 78.4 Å². The molecule has 5 nitrogen and oxygen atoms in total. The van der Waals surface area contributed by atoms with Gasteiger partial charge in [-0.15, -0.1) is 0 Å². The van der Waals surface area contributed by atoms with Crippen LogP contribution in [-0.2, 0) is 0 Å². The molecule has 8 heteroatoms. The first-order chi connectivity index (χ1) is 10.4. The number of carboxylic acids is 1. The average Bonchev–Trinajstić information content (AvgIpc) is 2.48. The summed E-state index contributed by atoms with van der Waals surface area (Å²) in [4.78, 5) is 22.4. The van der Waals surface area contributed by atoms with Crippen LogP contribution in [0.2, 0.25) is 0 Å². The highest BCUT2D eigenvalue weighted by Crippen LogP contribution is 2.20. The first-order valence-electron chi connectivity index (χ1n) is 5.93. The van der Waals surface area contributed by atoms with Crippen LogP contribution in [0.3, 0.4) is 0 Å². The molecule has 22 heavy (non-hydrogen) atoms. The second kappa shape index (κ2) is 6.17. The second-order valence-corrected chi connectivity index (χ2v) is 4.19. The number of halogens is 3. The molecule has 114 valence electrons. The molecule has 0 atom stereocenters. The van der Waals surface area contributed by atoms with Gasteiger partial charge in [0.2, 0.25) is 0 Å². The molecule has 0 saturated carbocycles. The van der Waals surface area contributed by atoms with Crippen LogP contribution in [-0.4, -0.2) is 17.1 Å². The summed E-state index contributed by atoms with van der Waals surface area (Å²) in [5, 5.41) is 13.1. The smallest absolute Gasteiger partial charge is 0.335 e. The molecular formula is C14H9F3N2O3. The van der Waals surface area contributed by atoms with Crippen molar-refractivity contribution in [3.05, 3.63) is 59.4 Å². The van der Waals surface area contributed by atoms with Gasteiger partial charge in [0.15, 0.2) is 17.5 Å². The lowest BCUT2D eigenvalue weighted by molar-refractivity contribution is 0.0697. The summed E-state index contributed by atoms with van der Waals surface area (Å²) >= 11 is 0. The third-order valence-corrected chi connectivity index (χ3v) is 2.65. The minimum atomic E-state index is -1.70. The monoisotopic (exact) mass is 310 g/mol. The Morgan fingerprint density at radius 2 is 1.68 bits per heavy atom. The molecule has 0 aliphatic carbocycles. The highest BCUT2D eigenvalue weighted by Gasteiger charge is 2.15. The fraction of sp³-hybridized carbons (Fsp3) is 0. The Bertz CT molecular complexity index is 750. The zero-order valence-corrected chi connectivity index (χ0v) is 10.9. The molecule has 0 spiro atoms. The number of rotatable bonds is 3. The van der Waals surface area contributed by atoms with Crippen molar-refractivity contribution in [2.24, 2.45) is 0 Å². The van der Waals surface area contributed by atoms with Crippen LogP contribution in [0.25, 0.3) is 0 Å². The largest absolute Gasteiger partial charge is 0.478 e. The highest BCUT2D eigenvalue weighted by atomic mass is 19.2. The van der Waals surface area contributed by atoms with Crippen molar-refractivity contribution in [2.75, 3.05) is 10.6 Å². The van der Waals surface area contributed by atoms with Crippen LogP contribution in [0.5, 0.6) is 0 Å². The van der Waals surface area contributed by atoms with Crippen LogP contribution < -0.4 is 10.6 Å². The number of hydrogen-bond acceptors (Lipinski definition) is 2. The van der Waals surface area contributed by atoms with E-state index < -0.39 is 35.1 Å². The molecule has 2 amide bonds. The number of anilines is 2. The molecule has 0 aliphatic rings. The number of hydrogen-bond donors (Lipinski definition) is 3. The van der Waals surface area contributed by atoms with Gasteiger partial charge in [-0.3, -0.25) is 0 Å². The van der Waals surface area contributed by atoms with E-state index in [0.717, 1.165) is 6.07 Å². The van der Waals surface area contributed by atoms with E-state index in [2.05, 4.69) is 5.32 Å². The number of carbonyl (C=O) groups is 2. The summed E-state index contributed by atoms with van der Waals surface area (Å²) in [5.74, 6) is -5.80. The summed E-state index contributed by atoms with van der Waals surface area (Å²) in [6.45, 7) is 0. The van der Waals surface area contributed by atoms with Gasteiger partial charge >= 0.3 is 12.0 Å². The number of carbonyl (C=O) groups excluding carboxylic acids is 1. The standard InChI is InChI=1S/C14H9F3N2O3/c15-9-4-5-10(12(17)11(9)16)19-14(22)18-8-3-1-2-7(6-8)13(20)21/h1-6H,(H,20,21)(H2,18,19,22). The Balaban J connectivity index is 2.12. The van der Waals surface area contributed by atoms with Crippen LogP contribution >= 0.6 is 0 Å². The van der Waals surface area contributed by atoms with Crippen molar-refractivity contribution < 1.29 is 27.9 Å². The molecule has 0 fully saturated rings. The molecule has 2 aromatic rings. The number of amides is 2. The fourth-order valence-corrected chi connectivity index (χ4v) is 1.64. The zero-order valence-electron chi connectivity index (χ0n) is 10.9. The minimum absolute atomic E-state index is 0.0585. The molecule has 0 aromatic heterocycles. The van der Waals surface area contributed by atoms with Crippen LogP contribution in [0.15, 0.2) is 36.4 Å². The molecule has 0 saturated heterocycles. The van der Waals surface area contributed by atoms with E-state index in [1.807, 2.05) is 5.32 Å². The molecule has 3 N–H and O–H groups in total. The normalized spacial score (nSPS) is 10.1. The van der Waals surface area contributed by atoms with Crippen molar-refractivity contribution in [1.29, 1.82) is 0 Å². The maximum Gasteiger partial charge on any atom is 0.335 e. The van der Waals surface area contributed by atoms with E-state index in [9.17, 15) is 22.8 Å². The van der Waals surface area contributed by atoms with E-state index in [1.165, 1.54) is 24.3 Å². The molecule has 0 aliphatic heterocycles. The van der Waals surface area contributed by atoms with Crippen LogP contribution in [0, 0.1) is 17.5 Å². The lowest BCUT2D eigenvalue weighted by atomic mass is 10.2. The van der Waals surface area contributed by atoms with Gasteiger partial charge in [-0.05, 0) is 30.3 Å². The highest BCUT2D eigenvalue weighted by molar-refractivity contribution is 6.00. The van der Waals surface area contributed by atoms with Gasteiger partial charge in [0.25, 0.3) is 0 Å². The molecule has 0 radical (unpaired) electrons. The van der Waals surface area contributed by atoms with E-state index in [0.29, 0.717) is 6.07 Å². The van der Waals surface area contributed by atoms with Crippen molar-refractivity contribution >= 4 is 23.4 Å². The van der Waals surface area contributed by atoms with Gasteiger partial charge in [-0.2, -0.15) is 0 Å². The van der Waals surface area contributed by atoms with E-state index in [1.54, 1.807) is 0 Å². The first kappa shape index (κ1) is 15.4. The third-order valence-electron chi connectivity index (χ3n) is 2.65. The van der Waals surface area contributed by atoms with Crippen molar-refractivity contribution in [2.45, 2.75) is 0 Å². The van der Waals surface area contributed by atoms with Gasteiger partial charge in [-0.1, -0.05) is 6.07 Å². The molecule has 2 aromatic carbocycles. The van der Waals surface area contributed by atoms with Gasteiger partial charge in [0.05, 0.1) is 11.3 Å². The Hall–Kier alpha value is -3.03. The number of aromatic carboxylic acids is 1. The Morgan fingerprint density at radius 3 is 2.36 bits per heavy atom. The summed E-state index contributed by atoms with van der Waals surface area (Å²) < 4.78 is 39.2. The predicted molar refractivity (Wildman–Crippen MR) is 72.4 cm³/mol. The molecule has 0 bridgehead atoms. The summed E-state index contributed by atoms with van der Waals surface area (Å²) in [6.07, 6.45) is 0. The first-order valence-corrected chi connectivity index (χ1v) is 5.93. The fourth-order valence-electron chi connectivity index (χ4n) is 1.64. The Morgan fingerprint density at radius 1 is 0.955 bits per heavy atom. The quantitative estimate of drug-likeness (QED) is 0.760. The van der Waals surface area contributed by atoms with E-state index >= 15 is 0 Å². The molecule has 2 rings (SSSR count). The van der Waals surface area contributed by atoms with Crippen molar-refractivity contribution in [1.82, 2.24) is 0 Å². The maximum atomic E-state index is 13.4. The molecule has 0 heterocycles. The predicted octanol–water partition coefficient (Wildman–Crippen LogP) is 3.45. The van der Waals surface area contributed by atoms with Gasteiger partial charge in [0, 0.05) is 5.69 Å². The van der Waals surface area contributed by atoms with Gasteiger partial charge < -0.3 is 15.7 Å². The average molecular weight is 310 g/mol. The number of benzene rings is 2. The maximum absolute atomic E-state index is 13.4. The zero-order chi connectivity index (χ0) is 16.3. The molecular weight excluding hydrogens is 301 g/mol. The van der Waals surface area contributed by atoms with Gasteiger partial charge in [0.1, 0.15) is 0 Å². The lowest BCUT2D eigenvalue weighted by Crippen LogP contribution is -2.20. The second-order valence-electron chi connectivity index (χ2n) is 4.19. The Kier molecular flexibility index (Phi) is 4.31. The number of carboxylic acid groups (broad SMARTS) is 1. The van der Waals surface area contributed by atoms with Crippen molar-refractivity contribution in [3.8, 4) is 0 Å². The minimum Gasteiger partial charge on any atom is -0.478 e. The molecule has 0 unspecified atom stereocenters. The van der Waals surface area contributed by atoms with Gasteiger partial charge in [-0.25, -0.2) is 22.8 Å². The summed E-state index contributed by atoms with van der Waals surface area (Å²) in [7, 11) is 0. The van der Waals surface area contributed by atoms with E-state index in [-0.39, 0.29) is 11.3 Å².